The third-order valence-electron chi connectivity index (χ3n) is 3.00. The molecule has 100 valence electrons. The summed E-state index contributed by atoms with van der Waals surface area (Å²) in [6, 6.07) is 3.30. The van der Waals surface area contributed by atoms with E-state index in [-0.39, 0.29) is 5.91 Å². The van der Waals surface area contributed by atoms with Crippen LogP contribution in [0, 0.1) is 5.92 Å². The summed E-state index contributed by atoms with van der Waals surface area (Å²) in [5, 5.41) is 8.51. The number of aromatic nitrogens is 1. The van der Waals surface area contributed by atoms with Crippen LogP contribution in [0.25, 0.3) is 6.08 Å². The Balaban J connectivity index is 2.00. The molecule has 0 aliphatic heterocycles. The topological polar surface area (TPSA) is 70.5 Å². The van der Waals surface area contributed by atoms with Crippen LogP contribution < -0.4 is 0 Å². The molecule has 1 N–H and O–H groups in total. The van der Waals surface area contributed by atoms with Crippen molar-refractivity contribution in [2.75, 3.05) is 13.6 Å². The molecular formula is C14H16N2O3. The molecule has 0 aromatic carbocycles. The predicted octanol–water partition coefficient (Wildman–Crippen LogP) is 1.66. The first-order chi connectivity index (χ1) is 9.06. The van der Waals surface area contributed by atoms with Crippen LogP contribution in [0.3, 0.4) is 0 Å². The summed E-state index contributed by atoms with van der Waals surface area (Å²) >= 11 is 0. The zero-order valence-corrected chi connectivity index (χ0v) is 10.7. The molecule has 1 aromatic rings. The molecule has 0 spiro atoms. The maximum absolute atomic E-state index is 12.0. The predicted molar refractivity (Wildman–Crippen MR) is 70.6 cm³/mol. The average Bonchev–Trinajstić information content (AvgIpc) is 3.20. The maximum atomic E-state index is 12.0. The van der Waals surface area contributed by atoms with Crippen LogP contribution in [0.4, 0.5) is 0 Å². The van der Waals surface area contributed by atoms with Gasteiger partial charge in [0.2, 0.25) is 0 Å². The third-order valence-corrected chi connectivity index (χ3v) is 3.00. The summed E-state index contributed by atoms with van der Waals surface area (Å²) in [5.41, 5.74) is 1.04. The molecule has 1 aliphatic rings. The molecular weight excluding hydrogens is 244 g/mol. The molecule has 1 aromatic heterocycles. The van der Waals surface area contributed by atoms with Gasteiger partial charge in [-0.3, -0.25) is 9.78 Å². The zero-order chi connectivity index (χ0) is 13.8. The van der Waals surface area contributed by atoms with E-state index < -0.39 is 5.97 Å². The molecule has 1 amide bonds. The highest BCUT2D eigenvalue weighted by Crippen LogP contribution is 2.29. The summed E-state index contributed by atoms with van der Waals surface area (Å²) in [6.45, 7) is 0.779. The number of carbonyl (C=O) groups excluding carboxylic acids is 1. The largest absolute Gasteiger partial charge is 0.478 e. The Morgan fingerprint density at radius 1 is 1.47 bits per heavy atom. The second-order valence-corrected chi connectivity index (χ2v) is 4.78. The van der Waals surface area contributed by atoms with Gasteiger partial charge in [-0.15, -0.1) is 0 Å². The van der Waals surface area contributed by atoms with Crippen molar-refractivity contribution in [3.63, 3.8) is 0 Å². The van der Waals surface area contributed by atoms with Crippen molar-refractivity contribution in [2.45, 2.75) is 12.8 Å². The van der Waals surface area contributed by atoms with E-state index in [2.05, 4.69) is 4.98 Å². The molecule has 1 aliphatic carbocycles. The van der Waals surface area contributed by atoms with Crippen molar-refractivity contribution in [1.29, 1.82) is 0 Å². The number of hydrogen-bond donors (Lipinski definition) is 1. The maximum Gasteiger partial charge on any atom is 0.328 e. The molecule has 2 rings (SSSR count). The van der Waals surface area contributed by atoms with Crippen LogP contribution in [0.15, 0.2) is 24.4 Å². The summed E-state index contributed by atoms with van der Waals surface area (Å²) in [6.07, 6.45) is 6.38. The Hall–Kier alpha value is -2.17. The zero-order valence-electron chi connectivity index (χ0n) is 10.7. The van der Waals surface area contributed by atoms with Crippen molar-refractivity contribution in [3.8, 4) is 0 Å². The van der Waals surface area contributed by atoms with Gasteiger partial charge in [0.1, 0.15) is 5.69 Å². The fourth-order valence-corrected chi connectivity index (χ4v) is 1.76. The molecule has 19 heavy (non-hydrogen) atoms. The fourth-order valence-electron chi connectivity index (χ4n) is 1.76. The van der Waals surface area contributed by atoms with Crippen molar-refractivity contribution in [2.24, 2.45) is 5.92 Å². The summed E-state index contributed by atoms with van der Waals surface area (Å²) < 4.78 is 0. The molecule has 5 heteroatoms. The Morgan fingerprint density at radius 3 is 2.74 bits per heavy atom. The first-order valence-corrected chi connectivity index (χ1v) is 6.19. The van der Waals surface area contributed by atoms with Crippen LogP contribution >= 0.6 is 0 Å². The molecule has 0 unspecified atom stereocenters. The monoisotopic (exact) mass is 260 g/mol. The van der Waals surface area contributed by atoms with Gasteiger partial charge in [-0.1, -0.05) is 6.07 Å². The van der Waals surface area contributed by atoms with Gasteiger partial charge in [0, 0.05) is 25.9 Å². The Kier molecular flexibility index (Phi) is 3.94. The molecule has 1 heterocycles. The van der Waals surface area contributed by atoms with Crippen LogP contribution in [0.1, 0.15) is 28.9 Å². The first-order valence-electron chi connectivity index (χ1n) is 6.19. The van der Waals surface area contributed by atoms with Crippen molar-refractivity contribution in [1.82, 2.24) is 9.88 Å². The number of pyridine rings is 1. The standard InChI is InChI=1S/C14H16N2O3/c1-16(9-11-2-3-11)14(19)12-6-4-10(8-15-12)5-7-13(17)18/h4-8,11H,2-3,9H2,1H3,(H,17,18). The fraction of sp³-hybridized carbons (Fsp3) is 0.357. The lowest BCUT2D eigenvalue weighted by atomic mass is 10.2. The number of hydrogen-bond acceptors (Lipinski definition) is 3. The minimum Gasteiger partial charge on any atom is -0.478 e. The number of carboxylic acids is 1. The first kappa shape index (κ1) is 13.3. The molecule has 1 saturated carbocycles. The Labute approximate surface area is 111 Å². The van der Waals surface area contributed by atoms with Gasteiger partial charge < -0.3 is 10.0 Å². The van der Waals surface area contributed by atoms with Gasteiger partial charge in [0.25, 0.3) is 5.91 Å². The van der Waals surface area contributed by atoms with Gasteiger partial charge in [-0.2, -0.15) is 0 Å². The van der Waals surface area contributed by atoms with Crippen LogP contribution in [0.2, 0.25) is 0 Å². The molecule has 0 radical (unpaired) electrons. The van der Waals surface area contributed by atoms with Gasteiger partial charge >= 0.3 is 5.97 Å². The van der Waals surface area contributed by atoms with Crippen molar-refractivity contribution >= 4 is 18.0 Å². The van der Waals surface area contributed by atoms with Gasteiger partial charge in [-0.05, 0) is 36.5 Å². The van der Waals surface area contributed by atoms with E-state index in [1.54, 1.807) is 24.1 Å². The van der Waals surface area contributed by atoms with Crippen LogP contribution in [-0.4, -0.2) is 40.5 Å². The summed E-state index contributed by atoms with van der Waals surface area (Å²) in [4.78, 5) is 28.2. The number of aliphatic carboxylic acids is 1. The minimum atomic E-state index is -1.01. The van der Waals surface area contributed by atoms with Gasteiger partial charge in [0.15, 0.2) is 0 Å². The van der Waals surface area contributed by atoms with E-state index in [4.69, 9.17) is 5.11 Å². The Morgan fingerprint density at radius 2 is 2.21 bits per heavy atom. The summed E-state index contributed by atoms with van der Waals surface area (Å²) in [7, 11) is 1.78. The quantitative estimate of drug-likeness (QED) is 0.817. The Bertz CT molecular complexity index is 504. The number of nitrogens with zero attached hydrogens (tertiary/aromatic N) is 2. The molecule has 0 saturated heterocycles. The molecule has 5 nitrogen and oxygen atoms in total. The van der Waals surface area contributed by atoms with E-state index >= 15 is 0 Å². The number of rotatable bonds is 5. The van der Waals surface area contributed by atoms with Crippen molar-refractivity contribution in [3.05, 3.63) is 35.7 Å². The molecule has 0 atom stereocenters. The second-order valence-electron chi connectivity index (χ2n) is 4.78. The second kappa shape index (κ2) is 5.65. The van der Waals surface area contributed by atoms with Crippen LogP contribution in [-0.2, 0) is 4.79 Å². The van der Waals surface area contributed by atoms with Gasteiger partial charge in [0.05, 0.1) is 0 Å². The number of carbonyl (C=O) groups is 2. The smallest absolute Gasteiger partial charge is 0.328 e. The SMILES string of the molecule is CN(CC1CC1)C(=O)c1ccc(C=CC(=O)O)cn1. The highest BCUT2D eigenvalue weighted by atomic mass is 16.4. The van der Waals surface area contributed by atoms with E-state index in [1.807, 2.05) is 0 Å². The van der Waals surface area contributed by atoms with E-state index in [1.165, 1.54) is 25.1 Å². The molecule has 0 bridgehead atoms. The van der Waals surface area contributed by atoms with Gasteiger partial charge in [-0.25, -0.2) is 4.79 Å². The van der Waals surface area contributed by atoms with E-state index in [0.717, 1.165) is 12.6 Å². The average molecular weight is 260 g/mol. The lowest BCUT2D eigenvalue weighted by Gasteiger charge is -2.16. The highest BCUT2D eigenvalue weighted by Gasteiger charge is 2.25. The molecule has 1 fully saturated rings. The summed E-state index contributed by atoms with van der Waals surface area (Å²) in [5.74, 6) is -0.461. The number of amides is 1. The third kappa shape index (κ3) is 3.91. The van der Waals surface area contributed by atoms with Crippen LogP contribution in [0.5, 0.6) is 0 Å². The lowest BCUT2D eigenvalue weighted by molar-refractivity contribution is -0.131. The number of carboxylic acid groups (broad SMARTS) is 1. The minimum absolute atomic E-state index is 0.0966. The van der Waals surface area contributed by atoms with Crippen molar-refractivity contribution < 1.29 is 14.7 Å². The van der Waals surface area contributed by atoms with E-state index in [0.29, 0.717) is 17.2 Å². The normalized spacial score (nSPS) is 14.6. The van der Waals surface area contributed by atoms with E-state index in [9.17, 15) is 9.59 Å². The highest BCUT2D eigenvalue weighted by molar-refractivity contribution is 5.92. The lowest BCUT2D eigenvalue weighted by Crippen LogP contribution is -2.29.